The normalized spacial score (nSPS) is 21.2. The van der Waals surface area contributed by atoms with Gasteiger partial charge in [-0.2, -0.15) is 0 Å². The lowest BCUT2D eigenvalue weighted by molar-refractivity contribution is 0.0954. The van der Waals surface area contributed by atoms with Crippen molar-refractivity contribution in [1.82, 2.24) is 5.32 Å². The predicted octanol–water partition coefficient (Wildman–Crippen LogP) is 2.83. The van der Waals surface area contributed by atoms with Gasteiger partial charge in [0.2, 0.25) is 0 Å². The molecule has 1 saturated heterocycles. The van der Waals surface area contributed by atoms with Crippen molar-refractivity contribution in [3.63, 3.8) is 0 Å². The molecule has 2 rings (SSSR count). The maximum Gasteiger partial charge on any atom is 0.123 e. The second kappa shape index (κ2) is 6.30. The first-order valence-electron chi connectivity index (χ1n) is 6.73. The minimum Gasteiger partial charge on any atom is -0.378 e. The summed E-state index contributed by atoms with van der Waals surface area (Å²) in [4.78, 5) is 0. The van der Waals surface area contributed by atoms with E-state index in [1.807, 2.05) is 20.0 Å². The number of aryl methyl sites for hydroxylation is 1. The summed E-state index contributed by atoms with van der Waals surface area (Å²) in [5, 5.41) is 3.32. The monoisotopic (exact) mass is 251 g/mol. The van der Waals surface area contributed by atoms with Crippen LogP contribution in [0.2, 0.25) is 0 Å². The summed E-state index contributed by atoms with van der Waals surface area (Å²) in [6.07, 6.45) is 4.56. The Labute approximate surface area is 109 Å². The highest BCUT2D eigenvalue weighted by atomic mass is 19.1. The molecule has 1 aromatic carbocycles. The van der Waals surface area contributed by atoms with Crippen LogP contribution < -0.4 is 5.32 Å². The fourth-order valence-corrected chi connectivity index (χ4v) is 2.58. The van der Waals surface area contributed by atoms with Crippen molar-refractivity contribution in [2.24, 2.45) is 0 Å². The summed E-state index contributed by atoms with van der Waals surface area (Å²) in [6, 6.07) is 5.37. The molecule has 1 aromatic rings. The van der Waals surface area contributed by atoms with Crippen LogP contribution in [0.3, 0.4) is 0 Å². The van der Waals surface area contributed by atoms with Crippen LogP contribution in [-0.2, 0) is 11.2 Å². The highest BCUT2D eigenvalue weighted by Gasteiger charge is 2.20. The van der Waals surface area contributed by atoms with Gasteiger partial charge in [0.15, 0.2) is 0 Å². The van der Waals surface area contributed by atoms with Gasteiger partial charge in [-0.3, -0.25) is 0 Å². The van der Waals surface area contributed by atoms with E-state index < -0.39 is 0 Å². The summed E-state index contributed by atoms with van der Waals surface area (Å²) >= 11 is 0. The third kappa shape index (κ3) is 3.53. The zero-order chi connectivity index (χ0) is 13.0. The fraction of sp³-hybridized carbons (Fsp3) is 0.600. The molecular weight excluding hydrogens is 229 g/mol. The smallest absolute Gasteiger partial charge is 0.123 e. The Morgan fingerprint density at radius 1 is 1.50 bits per heavy atom. The lowest BCUT2D eigenvalue weighted by Crippen LogP contribution is -2.32. The first-order chi connectivity index (χ1) is 8.69. The second-order valence-electron chi connectivity index (χ2n) is 5.13. The molecule has 1 aliphatic heterocycles. The molecule has 1 aliphatic rings. The molecule has 0 amide bonds. The van der Waals surface area contributed by atoms with E-state index in [0.29, 0.717) is 12.1 Å². The molecule has 1 fully saturated rings. The van der Waals surface area contributed by atoms with E-state index in [-0.39, 0.29) is 5.82 Å². The van der Waals surface area contributed by atoms with Crippen LogP contribution in [0.5, 0.6) is 0 Å². The Balaban J connectivity index is 1.98. The largest absolute Gasteiger partial charge is 0.378 e. The molecule has 100 valence electrons. The Bertz CT molecular complexity index is 388. The van der Waals surface area contributed by atoms with Crippen molar-refractivity contribution in [3.8, 4) is 0 Å². The number of ether oxygens (including phenoxy) is 1. The molecule has 0 aliphatic carbocycles. The summed E-state index contributed by atoms with van der Waals surface area (Å²) in [5.41, 5.74) is 2.25. The number of halogens is 1. The topological polar surface area (TPSA) is 21.3 Å². The molecule has 2 atom stereocenters. The Morgan fingerprint density at radius 2 is 2.33 bits per heavy atom. The number of benzene rings is 1. The van der Waals surface area contributed by atoms with E-state index in [0.717, 1.165) is 37.0 Å². The van der Waals surface area contributed by atoms with Gasteiger partial charge in [-0.05, 0) is 62.9 Å². The van der Waals surface area contributed by atoms with Crippen LogP contribution in [0.1, 0.15) is 30.4 Å². The lowest BCUT2D eigenvalue weighted by Gasteiger charge is -2.20. The molecule has 0 saturated carbocycles. The molecule has 18 heavy (non-hydrogen) atoms. The molecule has 0 bridgehead atoms. The van der Waals surface area contributed by atoms with E-state index in [9.17, 15) is 4.39 Å². The fourth-order valence-electron chi connectivity index (χ4n) is 2.58. The zero-order valence-electron chi connectivity index (χ0n) is 11.2. The Kier molecular flexibility index (Phi) is 4.72. The lowest BCUT2D eigenvalue weighted by atomic mass is 9.96. The van der Waals surface area contributed by atoms with Crippen molar-refractivity contribution in [3.05, 3.63) is 35.1 Å². The number of rotatable bonds is 5. The first kappa shape index (κ1) is 13.5. The molecule has 2 nitrogen and oxygen atoms in total. The van der Waals surface area contributed by atoms with Gasteiger partial charge in [0.25, 0.3) is 0 Å². The van der Waals surface area contributed by atoms with Crippen molar-refractivity contribution in [2.45, 2.75) is 44.8 Å². The van der Waals surface area contributed by atoms with Gasteiger partial charge in [0.05, 0.1) is 6.10 Å². The van der Waals surface area contributed by atoms with Gasteiger partial charge in [0, 0.05) is 12.6 Å². The Hall–Kier alpha value is -0.930. The zero-order valence-corrected chi connectivity index (χ0v) is 11.2. The number of nitrogens with one attached hydrogen (secondary N) is 1. The molecular formula is C15H22FNO. The van der Waals surface area contributed by atoms with Crippen LogP contribution in [0.25, 0.3) is 0 Å². The second-order valence-corrected chi connectivity index (χ2v) is 5.13. The highest BCUT2D eigenvalue weighted by molar-refractivity contribution is 5.27. The maximum atomic E-state index is 13.3. The van der Waals surface area contributed by atoms with E-state index in [1.54, 1.807) is 6.07 Å². The van der Waals surface area contributed by atoms with Gasteiger partial charge >= 0.3 is 0 Å². The van der Waals surface area contributed by atoms with Crippen molar-refractivity contribution >= 4 is 0 Å². The van der Waals surface area contributed by atoms with E-state index in [4.69, 9.17) is 4.74 Å². The SMILES string of the molecule is CNC(Cc1cc(F)ccc1C)CC1CCCO1. The van der Waals surface area contributed by atoms with Crippen LogP contribution in [0.15, 0.2) is 18.2 Å². The van der Waals surface area contributed by atoms with Gasteiger partial charge < -0.3 is 10.1 Å². The van der Waals surface area contributed by atoms with Crippen LogP contribution in [0, 0.1) is 12.7 Å². The minimum absolute atomic E-state index is 0.150. The highest BCUT2D eigenvalue weighted by Crippen LogP contribution is 2.20. The van der Waals surface area contributed by atoms with Gasteiger partial charge in [-0.15, -0.1) is 0 Å². The average Bonchev–Trinajstić information content (AvgIpc) is 2.85. The third-order valence-corrected chi connectivity index (χ3v) is 3.76. The van der Waals surface area contributed by atoms with Crippen molar-refractivity contribution in [1.29, 1.82) is 0 Å². The van der Waals surface area contributed by atoms with Crippen molar-refractivity contribution < 1.29 is 9.13 Å². The standard InChI is InChI=1S/C15H22FNO/c1-11-5-6-13(16)8-12(11)9-14(17-2)10-15-4-3-7-18-15/h5-6,8,14-15,17H,3-4,7,9-10H2,1-2H3. The van der Waals surface area contributed by atoms with Gasteiger partial charge in [-0.25, -0.2) is 4.39 Å². The van der Waals surface area contributed by atoms with E-state index >= 15 is 0 Å². The first-order valence-corrected chi connectivity index (χ1v) is 6.73. The van der Waals surface area contributed by atoms with Crippen LogP contribution in [-0.4, -0.2) is 25.8 Å². The maximum absolute atomic E-state index is 13.3. The molecule has 3 heteroatoms. The molecule has 1 N–H and O–H groups in total. The molecule has 0 spiro atoms. The molecule has 2 unspecified atom stereocenters. The summed E-state index contributed by atoms with van der Waals surface area (Å²) in [6.45, 7) is 2.92. The number of hydrogen-bond donors (Lipinski definition) is 1. The van der Waals surface area contributed by atoms with E-state index in [2.05, 4.69) is 5.32 Å². The van der Waals surface area contributed by atoms with Crippen LogP contribution >= 0.6 is 0 Å². The molecule has 1 heterocycles. The number of likely N-dealkylation sites (N-methyl/N-ethyl adjacent to an activating group) is 1. The minimum atomic E-state index is -0.150. The quantitative estimate of drug-likeness (QED) is 0.869. The average molecular weight is 251 g/mol. The van der Waals surface area contributed by atoms with Crippen LogP contribution in [0.4, 0.5) is 4.39 Å². The molecule has 0 aromatic heterocycles. The summed E-state index contributed by atoms with van der Waals surface area (Å²) in [7, 11) is 1.97. The van der Waals surface area contributed by atoms with Gasteiger partial charge in [-0.1, -0.05) is 6.07 Å². The van der Waals surface area contributed by atoms with E-state index in [1.165, 1.54) is 12.5 Å². The third-order valence-electron chi connectivity index (χ3n) is 3.76. The number of hydrogen-bond acceptors (Lipinski definition) is 2. The van der Waals surface area contributed by atoms with Crippen molar-refractivity contribution in [2.75, 3.05) is 13.7 Å². The predicted molar refractivity (Wildman–Crippen MR) is 71.3 cm³/mol. The summed E-state index contributed by atoms with van der Waals surface area (Å²) < 4.78 is 18.9. The Morgan fingerprint density at radius 3 is 3.00 bits per heavy atom. The molecule has 0 radical (unpaired) electrons. The summed E-state index contributed by atoms with van der Waals surface area (Å²) in [5.74, 6) is -0.150. The van der Waals surface area contributed by atoms with Gasteiger partial charge in [0.1, 0.15) is 5.82 Å².